The van der Waals surface area contributed by atoms with Crippen molar-refractivity contribution in [2.24, 2.45) is 0 Å². The summed E-state index contributed by atoms with van der Waals surface area (Å²) >= 11 is 1.35. The van der Waals surface area contributed by atoms with E-state index in [2.05, 4.69) is 34.6 Å². The third-order valence-corrected chi connectivity index (χ3v) is 5.31. The van der Waals surface area contributed by atoms with E-state index < -0.39 is 4.92 Å². The van der Waals surface area contributed by atoms with Gasteiger partial charge in [0, 0.05) is 29.2 Å². The van der Waals surface area contributed by atoms with Crippen molar-refractivity contribution in [1.29, 1.82) is 0 Å². The van der Waals surface area contributed by atoms with E-state index in [1.54, 1.807) is 18.2 Å². The highest BCUT2D eigenvalue weighted by molar-refractivity contribution is 7.14. The van der Waals surface area contributed by atoms with Crippen LogP contribution in [0.1, 0.15) is 5.56 Å². The maximum atomic E-state index is 12.2. The van der Waals surface area contributed by atoms with Crippen LogP contribution in [0.4, 0.5) is 10.8 Å². The van der Waals surface area contributed by atoms with Gasteiger partial charge in [-0.3, -0.25) is 20.2 Å². The largest absolute Gasteiger partial charge is 0.298 e. The Hall–Kier alpha value is -4.10. The summed E-state index contributed by atoms with van der Waals surface area (Å²) in [5.41, 5.74) is 4.74. The number of carbonyl (C=O) groups excluding carboxylic acids is 1. The molecule has 1 N–H and O–H groups in total. The Morgan fingerprint density at radius 1 is 0.903 bits per heavy atom. The maximum Gasteiger partial charge on any atom is 0.269 e. The molecule has 0 unspecified atom stereocenters. The fourth-order valence-electron chi connectivity index (χ4n) is 2.95. The van der Waals surface area contributed by atoms with Crippen LogP contribution >= 0.6 is 11.3 Å². The molecule has 0 spiro atoms. The number of nitrogens with zero attached hydrogens (tertiary/aromatic N) is 2. The first-order chi connectivity index (χ1) is 15.1. The van der Waals surface area contributed by atoms with Gasteiger partial charge in [-0.05, 0) is 34.9 Å². The highest BCUT2D eigenvalue weighted by atomic mass is 32.1. The summed E-state index contributed by atoms with van der Waals surface area (Å²) in [6.07, 6.45) is 2.97. The molecule has 0 fully saturated rings. The number of anilines is 1. The third kappa shape index (κ3) is 5.09. The molecule has 1 heterocycles. The number of carbonyl (C=O) groups is 1. The van der Waals surface area contributed by atoms with E-state index in [1.807, 2.05) is 35.7 Å². The minimum Gasteiger partial charge on any atom is -0.298 e. The standard InChI is InChI=1S/C24H17N3O3S/c28-23(15-8-17-6-13-21(14-7-17)27(29)30)26-24-25-22(16-31-24)20-11-9-19(10-12-20)18-4-2-1-3-5-18/h1-16H,(H,25,26,28). The second kappa shape index (κ2) is 9.15. The number of nitro groups is 1. The minimum absolute atomic E-state index is 0.00807. The van der Waals surface area contributed by atoms with Crippen molar-refractivity contribution in [1.82, 2.24) is 4.98 Å². The smallest absolute Gasteiger partial charge is 0.269 e. The monoisotopic (exact) mass is 427 g/mol. The number of aromatic nitrogens is 1. The number of amides is 1. The van der Waals surface area contributed by atoms with E-state index in [0.29, 0.717) is 10.7 Å². The fourth-order valence-corrected chi connectivity index (χ4v) is 3.68. The summed E-state index contributed by atoms with van der Waals surface area (Å²) in [5, 5.41) is 15.8. The van der Waals surface area contributed by atoms with Gasteiger partial charge >= 0.3 is 0 Å². The van der Waals surface area contributed by atoms with Crippen LogP contribution in [0.15, 0.2) is 90.3 Å². The van der Waals surface area contributed by atoms with Crippen molar-refractivity contribution >= 4 is 34.1 Å². The van der Waals surface area contributed by atoms with Gasteiger partial charge in [-0.25, -0.2) is 4.98 Å². The molecule has 1 amide bonds. The van der Waals surface area contributed by atoms with Gasteiger partial charge in [-0.1, -0.05) is 54.6 Å². The number of nitrogens with one attached hydrogen (secondary N) is 1. The van der Waals surface area contributed by atoms with Gasteiger partial charge in [0.05, 0.1) is 10.6 Å². The molecule has 152 valence electrons. The molecule has 0 atom stereocenters. The quantitative estimate of drug-likeness (QED) is 0.231. The molecule has 0 aliphatic heterocycles. The Bertz CT molecular complexity index is 1230. The molecule has 0 radical (unpaired) electrons. The average Bonchev–Trinajstić information content (AvgIpc) is 3.27. The Labute approximate surface area is 182 Å². The van der Waals surface area contributed by atoms with Crippen LogP contribution in [0, 0.1) is 10.1 Å². The molecule has 4 aromatic rings. The predicted octanol–water partition coefficient (Wildman–Crippen LogP) is 6.04. The molecule has 0 aliphatic rings. The second-order valence-corrected chi connectivity index (χ2v) is 7.51. The fraction of sp³-hybridized carbons (Fsp3) is 0. The summed E-state index contributed by atoms with van der Waals surface area (Å²) in [5.74, 6) is -0.321. The maximum absolute atomic E-state index is 12.2. The zero-order valence-electron chi connectivity index (χ0n) is 16.3. The Kier molecular flexibility index (Phi) is 5.96. The molecule has 0 bridgehead atoms. The molecular weight excluding hydrogens is 410 g/mol. The van der Waals surface area contributed by atoms with E-state index in [1.165, 1.54) is 29.5 Å². The number of thiazole rings is 1. The van der Waals surface area contributed by atoms with Crippen molar-refractivity contribution in [2.75, 3.05) is 5.32 Å². The van der Waals surface area contributed by atoms with Gasteiger partial charge in [0.25, 0.3) is 5.69 Å². The first kappa shape index (κ1) is 20.2. The van der Waals surface area contributed by atoms with Crippen molar-refractivity contribution in [3.63, 3.8) is 0 Å². The Morgan fingerprint density at radius 3 is 2.23 bits per heavy atom. The van der Waals surface area contributed by atoms with Crippen LogP contribution in [-0.4, -0.2) is 15.8 Å². The molecule has 0 saturated carbocycles. The third-order valence-electron chi connectivity index (χ3n) is 4.55. The van der Waals surface area contributed by atoms with Crippen LogP contribution in [0.2, 0.25) is 0 Å². The molecule has 0 aliphatic carbocycles. The highest BCUT2D eigenvalue weighted by Crippen LogP contribution is 2.27. The first-order valence-corrected chi connectivity index (χ1v) is 10.3. The van der Waals surface area contributed by atoms with Gasteiger partial charge in [0.15, 0.2) is 5.13 Å². The summed E-state index contributed by atoms with van der Waals surface area (Å²) in [6.45, 7) is 0. The van der Waals surface area contributed by atoms with E-state index in [0.717, 1.165) is 22.4 Å². The Morgan fingerprint density at radius 2 is 1.55 bits per heavy atom. The first-order valence-electron chi connectivity index (χ1n) is 9.43. The van der Waals surface area contributed by atoms with Gasteiger partial charge < -0.3 is 0 Å². The van der Waals surface area contributed by atoms with Crippen LogP contribution in [0.5, 0.6) is 0 Å². The van der Waals surface area contributed by atoms with Crippen LogP contribution in [0.3, 0.4) is 0 Å². The predicted molar refractivity (Wildman–Crippen MR) is 124 cm³/mol. The number of non-ortho nitro benzene ring substituents is 1. The molecular formula is C24H17N3O3S. The highest BCUT2D eigenvalue weighted by Gasteiger charge is 2.07. The summed E-state index contributed by atoms with van der Waals surface area (Å²) in [6, 6.07) is 24.2. The number of hydrogen-bond donors (Lipinski definition) is 1. The van der Waals surface area contributed by atoms with E-state index in [-0.39, 0.29) is 11.6 Å². The zero-order chi connectivity index (χ0) is 21.6. The molecule has 3 aromatic carbocycles. The average molecular weight is 427 g/mol. The number of benzene rings is 3. The topological polar surface area (TPSA) is 85.1 Å². The lowest BCUT2D eigenvalue weighted by atomic mass is 10.0. The number of hydrogen-bond acceptors (Lipinski definition) is 5. The zero-order valence-corrected chi connectivity index (χ0v) is 17.1. The summed E-state index contributed by atoms with van der Waals surface area (Å²) in [4.78, 5) is 26.9. The van der Waals surface area contributed by atoms with Crippen molar-refractivity contribution in [2.45, 2.75) is 0 Å². The van der Waals surface area contributed by atoms with E-state index in [4.69, 9.17) is 0 Å². The Balaban J connectivity index is 1.39. The SMILES string of the molecule is O=C(C=Cc1ccc([N+](=O)[O-])cc1)Nc1nc(-c2ccc(-c3ccccc3)cc2)cs1. The molecule has 6 nitrogen and oxygen atoms in total. The molecule has 0 saturated heterocycles. The summed E-state index contributed by atoms with van der Waals surface area (Å²) in [7, 11) is 0. The number of rotatable bonds is 6. The van der Waals surface area contributed by atoms with Crippen LogP contribution in [0.25, 0.3) is 28.5 Å². The van der Waals surface area contributed by atoms with Gasteiger partial charge in [0.1, 0.15) is 0 Å². The van der Waals surface area contributed by atoms with Gasteiger partial charge in [-0.2, -0.15) is 0 Å². The van der Waals surface area contributed by atoms with Gasteiger partial charge in [0.2, 0.25) is 5.91 Å². The normalized spacial score (nSPS) is 10.8. The number of nitro benzene ring substituents is 1. The van der Waals surface area contributed by atoms with Crippen LogP contribution in [-0.2, 0) is 4.79 Å². The lowest BCUT2D eigenvalue weighted by Gasteiger charge is -2.03. The lowest BCUT2D eigenvalue weighted by Crippen LogP contribution is -2.07. The molecule has 4 rings (SSSR count). The van der Waals surface area contributed by atoms with Gasteiger partial charge in [-0.15, -0.1) is 11.3 Å². The van der Waals surface area contributed by atoms with E-state index >= 15 is 0 Å². The lowest BCUT2D eigenvalue weighted by molar-refractivity contribution is -0.384. The van der Waals surface area contributed by atoms with Crippen molar-refractivity contribution < 1.29 is 9.72 Å². The van der Waals surface area contributed by atoms with Crippen molar-refractivity contribution in [3.8, 4) is 22.4 Å². The van der Waals surface area contributed by atoms with E-state index in [9.17, 15) is 14.9 Å². The molecule has 7 heteroatoms. The van der Waals surface area contributed by atoms with Crippen LogP contribution < -0.4 is 5.32 Å². The molecule has 31 heavy (non-hydrogen) atoms. The molecule has 1 aromatic heterocycles. The minimum atomic E-state index is -0.463. The second-order valence-electron chi connectivity index (χ2n) is 6.65. The summed E-state index contributed by atoms with van der Waals surface area (Å²) < 4.78 is 0. The van der Waals surface area contributed by atoms with Crippen molar-refractivity contribution in [3.05, 3.63) is 106 Å².